The second kappa shape index (κ2) is 5.85. The quantitative estimate of drug-likeness (QED) is 0.895. The van der Waals surface area contributed by atoms with Crippen molar-refractivity contribution in [3.05, 3.63) is 63.9 Å². The van der Waals surface area contributed by atoms with Crippen LogP contribution in [0.3, 0.4) is 0 Å². The van der Waals surface area contributed by atoms with Crippen molar-refractivity contribution in [2.75, 3.05) is 5.32 Å². The Hall–Kier alpha value is -1.86. The van der Waals surface area contributed by atoms with Crippen molar-refractivity contribution in [2.45, 2.75) is 13.0 Å². The van der Waals surface area contributed by atoms with E-state index in [2.05, 4.69) is 27.3 Å². The minimum Gasteiger partial charge on any atom is -0.378 e. The maximum atomic E-state index is 13.8. The summed E-state index contributed by atoms with van der Waals surface area (Å²) in [7, 11) is 0. The van der Waals surface area contributed by atoms with E-state index in [1.54, 1.807) is 30.3 Å². The number of nitrogens with zero attached hydrogens (tertiary/aromatic N) is 1. The van der Waals surface area contributed by atoms with Gasteiger partial charge in [0.15, 0.2) is 0 Å². The third kappa shape index (κ3) is 3.33. The summed E-state index contributed by atoms with van der Waals surface area (Å²) < 4.78 is 14.6. The van der Waals surface area contributed by atoms with Crippen LogP contribution >= 0.6 is 15.9 Å². The minimum absolute atomic E-state index is 0.188. The maximum absolute atomic E-state index is 13.8. The molecular formula is C15H12BrFN2. The molecule has 0 bridgehead atoms. The van der Waals surface area contributed by atoms with Gasteiger partial charge in [-0.15, -0.1) is 0 Å². The smallest absolute Gasteiger partial charge is 0.128 e. The van der Waals surface area contributed by atoms with Crippen LogP contribution in [0.2, 0.25) is 0 Å². The van der Waals surface area contributed by atoms with Crippen LogP contribution in [-0.2, 0) is 0 Å². The molecule has 0 aliphatic heterocycles. The molecule has 0 radical (unpaired) electrons. The van der Waals surface area contributed by atoms with Crippen molar-refractivity contribution >= 4 is 21.6 Å². The van der Waals surface area contributed by atoms with Gasteiger partial charge in [0.25, 0.3) is 0 Å². The first kappa shape index (κ1) is 13.6. The van der Waals surface area contributed by atoms with E-state index >= 15 is 0 Å². The highest BCUT2D eigenvalue weighted by molar-refractivity contribution is 9.10. The summed E-state index contributed by atoms with van der Waals surface area (Å²) in [6, 6.07) is 13.9. The topological polar surface area (TPSA) is 35.8 Å². The average molecular weight is 319 g/mol. The fourth-order valence-electron chi connectivity index (χ4n) is 1.85. The largest absolute Gasteiger partial charge is 0.378 e. The van der Waals surface area contributed by atoms with E-state index in [1.807, 2.05) is 13.0 Å². The Morgan fingerprint density at radius 3 is 2.79 bits per heavy atom. The molecule has 1 N–H and O–H groups in total. The Bertz CT molecular complexity index is 634. The van der Waals surface area contributed by atoms with E-state index in [0.29, 0.717) is 11.1 Å². The lowest BCUT2D eigenvalue weighted by Gasteiger charge is -2.17. The summed E-state index contributed by atoms with van der Waals surface area (Å²) in [5, 5.41) is 12.0. The highest BCUT2D eigenvalue weighted by atomic mass is 79.9. The number of nitriles is 1. The fourth-order valence-corrected chi connectivity index (χ4v) is 2.23. The Balaban J connectivity index is 2.23. The first-order valence-corrected chi connectivity index (χ1v) is 6.61. The van der Waals surface area contributed by atoms with Crippen molar-refractivity contribution in [1.29, 1.82) is 5.26 Å². The predicted molar refractivity (Wildman–Crippen MR) is 77.3 cm³/mol. The lowest BCUT2D eigenvalue weighted by Crippen LogP contribution is -2.08. The molecule has 2 aromatic carbocycles. The van der Waals surface area contributed by atoms with Gasteiger partial charge in [0.1, 0.15) is 5.82 Å². The Kier molecular flexibility index (Phi) is 4.18. The molecule has 1 atom stereocenters. The van der Waals surface area contributed by atoms with Gasteiger partial charge in [0.2, 0.25) is 0 Å². The van der Waals surface area contributed by atoms with Crippen molar-refractivity contribution in [3.8, 4) is 6.07 Å². The molecule has 2 aromatic rings. The van der Waals surface area contributed by atoms with Gasteiger partial charge >= 0.3 is 0 Å². The third-order valence-corrected chi connectivity index (χ3v) is 3.29. The molecule has 0 aliphatic carbocycles. The SMILES string of the molecule is CC(Nc1cccc(C#N)c1)c1cc(Br)ccc1F. The molecule has 0 heterocycles. The van der Waals surface area contributed by atoms with Crippen LogP contribution in [0.15, 0.2) is 46.9 Å². The number of hydrogen-bond acceptors (Lipinski definition) is 2. The van der Waals surface area contributed by atoms with Gasteiger partial charge in [-0.1, -0.05) is 22.0 Å². The van der Waals surface area contributed by atoms with Crippen molar-refractivity contribution in [1.82, 2.24) is 0 Å². The number of rotatable bonds is 3. The zero-order valence-electron chi connectivity index (χ0n) is 10.3. The summed E-state index contributed by atoms with van der Waals surface area (Å²) in [5.41, 5.74) is 1.95. The van der Waals surface area contributed by atoms with Crippen LogP contribution in [0.5, 0.6) is 0 Å². The Morgan fingerprint density at radius 1 is 1.26 bits per heavy atom. The second-order valence-corrected chi connectivity index (χ2v) is 5.14. The summed E-state index contributed by atoms with van der Waals surface area (Å²) in [5.74, 6) is -0.250. The third-order valence-electron chi connectivity index (χ3n) is 2.80. The van der Waals surface area contributed by atoms with Crippen molar-refractivity contribution in [2.24, 2.45) is 0 Å². The van der Waals surface area contributed by atoms with Gasteiger partial charge in [0, 0.05) is 15.7 Å². The molecule has 0 spiro atoms. The molecule has 2 nitrogen and oxygen atoms in total. The fraction of sp³-hybridized carbons (Fsp3) is 0.133. The van der Waals surface area contributed by atoms with Crippen LogP contribution in [0, 0.1) is 17.1 Å². The summed E-state index contributed by atoms with van der Waals surface area (Å²) in [6.45, 7) is 1.88. The second-order valence-electron chi connectivity index (χ2n) is 4.22. The number of anilines is 1. The lowest BCUT2D eigenvalue weighted by atomic mass is 10.1. The summed E-state index contributed by atoms with van der Waals surface area (Å²) >= 11 is 3.34. The molecule has 4 heteroatoms. The number of benzene rings is 2. The molecule has 2 rings (SSSR count). The molecule has 0 saturated heterocycles. The van der Waals surface area contributed by atoms with Crippen LogP contribution in [-0.4, -0.2) is 0 Å². The highest BCUT2D eigenvalue weighted by Gasteiger charge is 2.11. The van der Waals surface area contributed by atoms with Gasteiger partial charge < -0.3 is 5.32 Å². The van der Waals surface area contributed by atoms with Crippen LogP contribution in [0.1, 0.15) is 24.1 Å². The summed E-state index contributed by atoms with van der Waals surface area (Å²) in [6.07, 6.45) is 0. The minimum atomic E-state index is -0.250. The van der Waals surface area contributed by atoms with Crippen molar-refractivity contribution < 1.29 is 4.39 Å². The van der Waals surface area contributed by atoms with E-state index in [4.69, 9.17) is 5.26 Å². The van der Waals surface area contributed by atoms with E-state index in [1.165, 1.54) is 6.07 Å². The maximum Gasteiger partial charge on any atom is 0.128 e. The van der Waals surface area contributed by atoms with Crippen LogP contribution in [0.4, 0.5) is 10.1 Å². The highest BCUT2D eigenvalue weighted by Crippen LogP contribution is 2.25. The monoisotopic (exact) mass is 318 g/mol. The molecule has 0 fully saturated rings. The van der Waals surface area contributed by atoms with E-state index < -0.39 is 0 Å². The Labute approximate surface area is 120 Å². The molecule has 0 aromatic heterocycles. The van der Waals surface area contributed by atoms with E-state index in [-0.39, 0.29) is 11.9 Å². The molecule has 0 saturated carbocycles. The van der Waals surface area contributed by atoms with Gasteiger partial charge in [0.05, 0.1) is 17.7 Å². The number of nitrogens with one attached hydrogen (secondary N) is 1. The summed E-state index contributed by atoms with van der Waals surface area (Å²) in [4.78, 5) is 0. The molecule has 0 aliphatic rings. The van der Waals surface area contributed by atoms with Gasteiger partial charge in [-0.3, -0.25) is 0 Å². The molecule has 0 amide bonds. The van der Waals surface area contributed by atoms with Gasteiger partial charge in [-0.2, -0.15) is 5.26 Å². The molecule has 1 unspecified atom stereocenters. The van der Waals surface area contributed by atoms with E-state index in [9.17, 15) is 4.39 Å². The average Bonchev–Trinajstić information content (AvgIpc) is 2.41. The van der Waals surface area contributed by atoms with Crippen LogP contribution in [0.25, 0.3) is 0 Å². The molecule has 96 valence electrons. The first-order valence-electron chi connectivity index (χ1n) is 5.82. The number of hydrogen-bond donors (Lipinski definition) is 1. The standard InChI is InChI=1S/C15H12BrFN2/c1-10(14-8-12(16)5-6-15(14)17)19-13-4-2-3-11(7-13)9-18/h2-8,10,19H,1H3. The molecular weight excluding hydrogens is 307 g/mol. The predicted octanol–water partition coefficient (Wildman–Crippen LogP) is 4.63. The van der Waals surface area contributed by atoms with Gasteiger partial charge in [-0.25, -0.2) is 4.39 Å². The lowest BCUT2D eigenvalue weighted by molar-refractivity contribution is 0.600. The molecule has 19 heavy (non-hydrogen) atoms. The van der Waals surface area contributed by atoms with Crippen molar-refractivity contribution in [3.63, 3.8) is 0 Å². The first-order chi connectivity index (χ1) is 9.10. The Morgan fingerprint density at radius 2 is 2.05 bits per heavy atom. The zero-order chi connectivity index (χ0) is 13.8. The van der Waals surface area contributed by atoms with E-state index in [0.717, 1.165) is 10.2 Å². The van der Waals surface area contributed by atoms with Crippen LogP contribution < -0.4 is 5.32 Å². The van der Waals surface area contributed by atoms with Gasteiger partial charge in [-0.05, 0) is 43.3 Å². The number of halogens is 2. The zero-order valence-corrected chi connectivity index (χ0v) is 11.9. The normalized spacial score (nSPS) is 11.7.